The van der Waals surface area contributed by atoms with Crippen LogP contribution in [0.15, 0.2) is 18.2 Å². The van der Waals surface area contributed by atoms with Gasteiger partial charge in [-0.3, -0.25) is 4.79 Å². The molecule has 1 amide bonds. The molecule has 1 aliphatic heterocycles. The lowest BCUT2D eigenvalue weighted by Gasteiger charge is -2.19. The minimum absolute atomic E-state index is 0.361. The summed E-state index contributed by atoms with van der Waals surface area (Å²) in [6.07, 6.45) is 6.91. The van der Waals surface area contributed by atoms with Gasteiger partial charge in [0.15, 0.2) is 0 Å². The van der Waals surface area contributed by atoms with E-state index in [1.807, 2.05) is 26.0 Å². The molecule has 0 spiro atoms. The molecule has 3 heteroatoms. The number of carbonyl (C=O) groups is 1. The summed E-state index contributed by atoms with van der Waals surface area (Å²) in [5.74, 6) is 0.302. The topological polar surface area (TPSA) is 55.1 Å². The minimum Gasteiger partial charge on any atom is -0.366 e. The molecule has 0 radical (unpaired) electrons. The Morgan fingerprint density at radius 1 is 1.26 bits per heavy atom. The number of amides is 1. The molecule has 1 heterocycles. The quantitative estimate of drug-likeness (QED) is 0.874. The third-order valence-corrected chi connectivity index (χ3v) is 3.80. The summed E-state index contributed by atoms with van der Waals surface area (Å²) in [5.41, 5.74) is 9.35. The minimum atomic E-state index is -0.361. The number of hydrogen-bond donors (Lipinski definition) is 2. The molecule has 0 unspecified atom stereocenters. The van der Waals surface area contributed by atoms with Gasteiger partial charge in [0.25, 0.3) is 0 Å². The van der Waals surface area contributed by atoms with Crippen molar-refractivity contribution >= 4 is 12.0 Å². The zero-order valence-corrected chi connectivity index (χ0v) is 11.7. The van der Waals surface area contributed by atoms with Crippen LogP contribution in [0, 0.1) is 19.8 Å². The highest BCUT2D eigenvalue weighted by Gasteiger charge is 2.10. The molecule has 1 aliphatic rings. The Labute approximate surface area is 114 Å². The molecule has 0 atom stereocenters. The summed E-state index contributed by atoms with van der Waals surface area (Å²) in [5, 5.41) is 3.37. The molecule has 3 nitrogen and oxygen atoms in total. The Kier molecular flexibility index (Phi) is 4.38. The van der Waals surface area contributed by atoms with Gasteiger partial charge >= 0.3 is 0 Å². The zero-order valence-electron chi connectivity index (χ0n) is 11.7. The SMILES string of the molecule is Cc1cc(C(N)=O)cc(C)c1/C=C/C1CCNCC1. The van der Waals surface area contributed by atoms with Crippen LogP contribution >= 0.6 is 0 Å². The first kappa shape index (κ1) is 13.8. The Morgan fingerprint density at radius 3 is 2.37 bits per heavy atom. The molecule has 1 aromatic carbocycles. The van der Waals surface area contributed by atoms with Crippen LogP contribution in [-0.4, -0.2) is 19.0 Å². The Morgan fingerprint density at radius 2 is 1.84 bits per heavy atom. The van der Waals surface area contributed by atoms with Crippen LogP contribution in [0.4, 0.5) is 0 Å². The molecule has 2 rings (SSSR count). The van der Waals surface area contributed by atoms with Gasteiger partial charge in [-0.1, -0.05) is 12.2 Å². The summed E-state index contributed by atoms with van der Waals surface area (Å²) in [6.45, 7) is 6.27. The third-order valence-electron chi connectivity index (χ3n) is 3.80. The molecule has 0 aliphatic carbocycles. The van der Waals surface area contributed by atoms with Crippen molar-refractivity contribution in [2.75, 3.05) is 13.1 Å². The van der Waals surface area contributed by atoms with E-state index in [1.54, 1.807) is 0 Å². The summed E-state index contributed by atoms with van der Waals surface area (Å²) >= 11 is 0. The van der Waals surface area contributed by atoms with E-state index >= 15 is 0 Å². The third kappa shape index (κ3) is 3.44. The maximum atomic E-state index is 11.2. The molecule has 1 aromatic rings. The lowest BCUT2D eigenvalue weighted by molar-refractivity contribution is 0.1000. The number of nitrogens with one attached hydrogen (secondary N) is 1. The number of hydrogen-bond acceptors (Lipinski definition) is 2. The fourth-order valence-electron chi connectivity index (χ4n) is 2.65. The van der Waals surface area contributed by atoms with Crippen molar-refractivity contribution in [2.24, 2.45) is 11.7 Å². The number of aryl methyl sites for hydroxylation is 2. The molecule has 102 valence electrons. The second-order valence-corrected chi connectivity index (χ2v) is 5.33. The van der Waals surface area contributed by atoms with Gasteiger partial charge in [-0.15, -0.1) is 0 Å². The summed E-state index contributed by atoms with van der Waals surface area (Å²) in [6, 6.07) is 3.74. The number of rotatable bonds is 3. The zero-order chi connectivity index (χ0) is 13.8. The molecule has 0 aromatic heterocycles. The van der Waals surface area contributed by atoms with Crippen LogP contribution in [0.5, 0.6) is 0 Å². The van der Waals surface area contributed by atoms with Crippen LogP contribution in [0.25, 0.3) is 6.08 Å². The summed E-state index contributed by atoms with van der Waals surface area (Å²) in [4.78, 5) is 11.2. The van der Waals surface area contributed by atoms with Gasteiger partial charge in [0.05, 0.1) is 0 Å². The van der Waals surface area contributed by atoms with Crippen molar-refractivity contribution in [2.45, 2.75) is 26.7 Å². The van der Waals surface area contributed by atoms with Gasteiger partial charge in [0.1, 0.15) is 0 Å². The first-order chi connectivity index (χ1) is 9.08. The number of allylic oxidation sites excluding steroid dienone is 1. The summed E-state index contributed by atoms with van der Waals surface area (Å²) < 4.78 is 0. The monoisotopic (exact) mass is 258 g/mol. The van der Waals surface area contributed by atoms with Crippen molar-refractivity contribution in [3.8, 4) is 0 Å². The van der Waals surface area contributed by atoms with E-state index in [9.17, 15) is 4.79 Å². The average molecular weight is 258 g/mol. The Balaban J connectivity index is 2.20. The van der Waals surface area contributed by atoms with Gasteiger partial charge < -0.3 is 11.1 Å². The molecule has 1 saturated heterocycles. The molecule has 19 heavy (non-hydrogen) atoms. The van der Waals surface area contributed by atoms with E-state index in [1.165, 1.54) is 18.4 Å². The van der Waals surface area contributed by atoms with Crippen molar-refractivity contribution < 1.29 is 4.79 Å². The molecule has 1 fully saturated rings. The molecular weight excluding hydrogens is 236 g/mol. The predicted octanol–water partition coefficient (Wildman–Crippen LogP) is 2.42. The van der Waals surface area contributed by atoms with Gasteiger partial charge in [0.2, 0.25) is 5.91 Å². The number of piperidine rings is 1. The van der Waals surface area contributed by atoms with Crippen LogP contribution < -0.4 is 11.1 Å². The number of nitrogens with two attached hydrogens (primary N) is 1. The fourth-order valence-corrected chi connectivity index (χ4v) is 2.65. The highest BCUT2D eigenvalue weighted by molar-refractivity contribution is 5.93. The van der Waals surface area contributed by atoms with Gasteiger partial charge in [-0.25, -0.2) is 0 Å². The average Bonchev–Trinajstić information content (AvgIpc) is 2.38. The van der Waals surface area contributed by atoms with Crippen LogP contribution in [-0.2, 0) is 0 Å². The van der Waals surface area contributed by atoms with Crippen LogP contribution in [0.2, 0.25) is 0 Å². The second-order valence-electron chi connectivity index (χ2n) is 5.33. The van der Waals surface area contributed by atoms with E-state index in [0.29, 0.717) is 11.5 Å². The van der Waals surface area contributed by atoms with Crippen LogP contribution in [0.3, 0.4) is 0 Å². The van der Waals surface area contributed by atoms with E-state index < -0.39 is 0 Å². The van der Waals surface area contributed by atoms with Gasteiger partial charge in [-0.2, -0.15) is 0 Å². The van der Waals surface area contributed by atoms with E-state index in [4.69, 9.17) is 5.73 Å². The Bertz CT molecular complexity index is 476. The normalized spacial score (nSPS) is 16.9. The molecule has 3 N–H and O–H groups in total. The van der Waals surface area contributed by atoms with Crippen molar-refractivity contribution in [3.05, 3.63) is 40.5 Å². The fraction of sp³-hybridized carbons (Fsp3) is 0.438. The smallest absolute Gasteiger partial charge is 0.248 e. The van der Waals surface area contributed by atoms with E-state index in [0.717, 1.165) is 24.2 Å². The highest BCUT2D eigenvalue weighted by atomic mass is 16.1. The second kappa shape index (κ2) is 6.02. The van der Waals surface area contributed by atoms with Crippen LogP contribution in [0.1, 0.15) is 39.9 Å². The van der Waals surface area contributed by atoms with Crippen molar-refractivity contribution in [3.63, 3.8) is 0 Å². The number of benzene rings is 1. The molecule has 0 saturated carbocycles. The number of primary amides is 1. The van der Waals surface area contributed by atoms with Crippen molar-refractivity contribution in [1.29, 1.82) is 0 Å². The van der Waals surface area contributed by atoms with Gasteiger partial charge in [0, 0.05) is 5.56 Å². The lowest BCUT2D eigenvalue weighted by Crippen LogP contribution is -2.26. The highest BCUT2D eigenvalue weighted by Crippen LogP contribution is 2.21. The number of carbonyl (C=O) groups excluding carboxylic acids is 1. The maximum Gasteiger partial charge on any atom is 0.248 e. The van der Waals surface area contributed by atoms with E-state index in [2.05, 4.69) is 17.5 Å². The largest absolute Gasteiger partial charge is 0.366 e. The summed E-state index contributed by atoms with van der Waals surface area (Å²) in [7, 11) is 0. The molecular formula is C16H22N2O. The standard InChI is InChI=1S/C16H22N2O/c1-11-9-14(16(17)19)10-12(2)15(11)4-3-13-5-7-18-8-6-13/h3-4,9-10,13,18H,5-8H2,1-2H3,(H2,17,19)/b4-3+. The maximum absolute atomic E-state index is 11.2. The Hall–Kier alpha value is -1.61. The van der Waals surface area contributed by atoms with Gasteiger partial charge in [-0.05, 0) is 74.5 Å². The first-order valence-corrected chi connectivity index (χ1v) is 6.88. The van der Waals surface area contributed by atoms with Crippen molar-refractivity contribution in [1.82, 2.24) is 5.32 Å². The molecule has 0 bridgehead atoms. The van der Waals surface area contributed by atoms with E-state index in [-0.39, 0.29) is 5.91 Å². The first-order valence-electron chi connectivity index (χ1n) is 6.88. The predicted molar refractivity (Wildman–Crippen MR) is 79.1 cm³/mol. The lowest BCUT2D eigenvalue weighted by atomic mass is 9.94.